The first kappa shape index (κ1) is 22.5. The van der Waals surface area contributed by atoms with Crippen LogP contribution in [-0.4, -0.2) is 16.6 Å². The van der Waals surface area contributed by atoms with Gasteiger partial charge in [-0.05, 0) is 43.2 Å². The molecule has 158 valence electrons. The van der Waals surface area contributed by atoms with E-state index in [1.165, 1.54) is 30.3 Å². The number of carbonyl (C=O) groups excluding carboxylic acids is 1. The lowest BCUT2D eigenvalue weighted by Crippen LogP contribution is -2.11. The molecule has 6 nitrogen and oxygen atoms in total. The Labute approximate surface area is 189 Å². The van der Waals surface area contributed by atoms with Crippen molar-refractivity contribution in [3.8, 4) is 0 Å². The first-order chi connectivity index (χ1) is 14.7. The molecule has 8 heteroatoms. The zero-order chi connectivity index (χ0) is 22.5. The average molecular weight is 457 g/mol. The highest BCUT2D eigenvalue weighted by Gasteiger charge is 2.15. The third-order valence-electron chi connectivity index (χ3n) is 4.60. The number of hydrogen-bond donors (Lipinski definition) is 0. The highest BCUT2D eigenvalue weighted by atomic mass is 35.5. The zero-order valence-electron chi connectivity index (χ0n) is 16.8. The molecule has 0 heterocycles. The highest BCUT2D eigenvalue weighted by molar-refractivity contribution is 6.36. The van der Waals surface area contributed by atoms with Crippen LogP contribution < -0.4 is 0 Å². The molecule has 0 aliphatic carbocycles. The first-order valence-electron chi connectivity index (χ1n) is 9.29. The van der Waals surface area contributed by atoms with Crippen molar-refractivity contribution >= 4 is 40.6 Å². The summed E-state index contributed by atoms with van der Waals surface area (Å²) >= 11 is 12.0. The Kier molecular flexibility index (Phi) is 7.05. The lowest BCUT2D eigenvalue weighted by atomic mass is 9.97. The van der Waals surface area contributed by atoms with Gasteiger partial charge in [0.15, 0.2) is 0 Å². The van der Waals surface area contributed by atoms with Crippen molar-refractivity contribution in [1.29, 1.82) is 0 Å². The lowest BCUT2D eigenvalue weighted by Gasteiger charge is -2.11. The summed E-state index contributed by atoms with van der Waals surface area (Å²) in [5.41, 5.74) is 4.28. The number of benzene rings is 3. The van der Waals surface area contributed by atoms with Crippen LogP contribution >= 0.6 is 23.2 Å². The molecule has 0 aliphatic heterocycles. The molecule has 0 N–H and O–H groups in total. The molecule has 0 atom stereocenters. The van der Waals surface area contributed by atoms with Crippen molar-refractivity contribution in [3.05, 3.63) is 109 Å². The molecule has 0 bridgehead atoms. The van der Waals surface area contributed by atoms with Gasteiger partial charge in [-0.2, -0.15) is 0 Å². The van der Waals surface area contributed by atoms with Crippen molar-refractivity contribution in [2.24, 2.45) is 5.16 Å². The second kappa shape index (κ2) is 9.73. The smallest absolute Gasteiger partial charge is 0.312 e. The van der Waals surface area contributed by atoms with Gasteiger partial charge in [-0.15, -0.1) is 0 Å². The van der Waals surface area contributed by atoms with E-state index in [9.17, 15) is 14.9 Å². The van der Waals surface area contributed by atoms with Gasteiger partial charge >= 0.3 is 5.97 Å². The number of carbonyl (C=O) groups is 1. The van der Waals surface area contributed by atoms with Crippen LogP contribution in [0.25, 0.3) is 0 Å². The van der Waals surface area contributed by atoms with Gasteiger partial charge in [0.05, 0.1) is 21.2 Å². The number of aryl methyl sites for hydroxylation is 2. The maximum Gasteiger partial charge on any atom is 0.367 e. The fourth-order valence-electron chi connectivity index (χ4n) is 3.04. The van der Waals surface area contributed by atoms with Gasteiger partial charge in [0.25, 0.3) is 5.69 Å². The van der Waals surface area contributed by atoms with Crippen LogP contribution in [0.4, 0.5) is 5.69 Å². The fraction of sp³-hybridized carbons (Fsp3) is 0.130. The van der Waals surface area contributed by atoms with E-state index in [0.29, 0.717) is 17.2 Å². The Morgan fingerprint density at radius 3 is 2.29 bits per heavy atom. The molecule has 0 aromatic heterocycles. The summed E-state index contributed by atoms with van der Waals surface area (Å²) in [5, 5.41) is 15.6. The van der Waals surface area contributed by atoms with Crippen LogP contribution in [0.15, 0.2) is 65.8 Å². The quantitative estimate of drug-likeness (QED) is 0.188. The molecule has 3 rings (SSSR count). The second-order valence-electron chi connectivity index (χ2n) is 6.96. The summed E-state index contributed by atoms with van der Waals surface area (Å²) in [6.07, 6.45) is 0.309. The molecule has 0 saturated carbocycles. The summed E-state index contributed by atoms with van der Waals surface area (Å²) < 4.78 is 0. The number of nitro benzene ring substituents is 1. The largest absolute Gasteiger partial charge is 0.367 e. The molecule has 31 heavy (non-hydrogen) atoms. The van der Waals surface area contributed by atoms with E-state index in [-0.39, 0.29) is 16.3 Å². The standard InChI is InChI=1S/C23H18Cl2N2O4/c1-14-3-9-19(15(2)11-14)22(12-16-4-7-18(8-5-16)27(29)30)26-31-23(28)20-10-6-17(24)13-21(20)25/h3-11,13H,12H2,1-2H3/b26-22+. The number of halogens is 2. The SMILES string of the molecule is Cc1ccc(/C(Cc2ccc([N+](=O)[O-])cc2)=N/OC(=O)c2ccc(Cl)cc2Cl)c(C)c1. The Morgan fingerprint density at radius 1 is 1.00 bits per heavy atom. The predicted octanol–water partition coefficient (Wildman–Crippen LogP) is 6.32. The molecule has 0 radical (unpaired) electrons. The zero-order valence-corrected chi connectivity index (χ0v) is 18.3. The summed E-state index contributed by atoms with van der Waals surface area (Å²) in [5.74, 6) is -0.715. The Bertz CT molecular complexity index is 1170. The van der Waals surface area contributed by atoms with E-state index in [2.05, 4.69) is 5.16 Å². The summed E-state index contributed by atoms with van der Waals surface area (Å²) in [6.45, 7) is 3.91. The van der Waals surface area contributed by atoms with E-state index in [4.69, 9.17) is 28.0 Å². The third kappa shape index (κ3) is 5.69. The van der Waals surface area contributed by atoms with Crippen molar-refractivity contribution in [2.45, 2.75) is 20.3 Å². The minimum absolute atomic E-state index is 0.00226. The third-order valence-corrected chi connectivity index (χ3v) is 5.15. The first-order valence-corrected chi connectivity index (χ1v) is 10.0. The molecule has 0 amide bonds. The van der Waals surface area contributed by atoms with Gasteiger partial charge in [0.2, 0.25) is 0 Å². The number of oxime groups is 1. The van der Waals surface area contributed by atoms with Crippen molar-refractivity contribution in [1.82, 2.24) is 0 Å². The molecule has 3 aromatic carbocycles. The molecule has 0 saturated heterocycles. The van der Waals surface area contributed by atoms with Crippen LogP contribution in [0.3, 0.4) is 0 Å². The van der Waals surface area contributed by atoms with Crippen molar-refractivity contribution in [2.75, 3.05) is 0 Å². The van der Waals surface area contributed by atoms with Crippen LogP contribution in [0.1, 0.15) is 32.6 Å². The van der Waals surface area contributed by atoms with Gasteiger partial charge in [0.1, 0.15) is 0 Å². The van der Waals surface area contributed by atoms with Gasteiger partial charge in [-0.3, -0.25) is 10.1 Å². The van der Waals surface area contributed by atoms with Crippen LogP contribution in [0.2, 0.25) is 10.0 Å². The summed E-state index contributed by atoms with van der Waals surface area (Å²) in [6, 6.07) is 16.4. The lowest BCUT2D eigenvalue weighted by molar-refractivity contribution is -0.384. The van der Waals surface area contributed by atoms with Gasteiger partial charge < -0.3 is 4.84 Å². The van der Waals surface area contributed by atoms with Gasteiger partial charge in [0, 0.05) is 29.1 Å². The van der Waals surface area contributed by atoms with Crippen LogP contribution in [0, 0.1) is 24.0 Å². The molecule has 0 unspecified atom stereocenters. The maximum absolute atomic E-state index is 12.5. The highest BCUT2D eigenvalue weighted by Crippen LogP contribution is 2.22. The number of rotatable bonds is 6. The van der Waals surface area contributed by atoms with Crippen LogP contribution in [0.5, 0.6) is 0 Å². The normalized spacial score (nSPS) is 11.3. The topological polar surface area (TPSA) is 81.8 Å². The number of hydrogen-bond acceptors (Lipinski definition) is 5. The van der Waals surface area contributed by atoms with Crippen molar-refractivity contribution in [3.63, 3.8) is 0 Å². The Morgan fingerprint density at radius 2 is 1.68 bits per heavy atom. The summed E-state index contributed by atoms with van der Waals surface area (Å²) in [4.78, 5) is 28.1. The Hall–Kier alpha value is -3.22. The molecule has 0 fully saturated rings. The number of nitrogens with zero attached hydrogens (tertiary/aromatic N) is 2. The Balaban J connectivity index is 1.92. The molecular weight excluding hydrogens is 439 g/mol. The second-order valence-corrected chi connectivity index (χ2v) is 7.80. The van der Waals surface area contributed by atoms with E-state index < -0.39 is 10.9 Å². The van der Waals surface area contributed by atoms with E-state index in [0.717, 1.165) is 22.3 Å². The molecule has 0 spiro atoms. The van der Waals surface area contributed by atoms with Gasteiger partial charge in [-0.25, -0.2) is 4.79 Å². The van der Waals surface area contributed by atoms with E-state index in [1.54, 1.807) is 12.1 Å². The fourth-order valence-corrected chi connectivity index (χ4v) is 3.53. The molecule has 3 aromatic rings. The van der Waals surface area contributed by atoms with Crippen LogP contribution in [-0.2, 0) is 11.3 Å². The molecule has 0 aliphatic rings. The van der Waals surface area contributed by atoms with E-state index >= 15 is 0 Å². The number of non-ortho nitro benzene ring substituents is 1. The minimum atomic E-state index is -0.715. The average Bonchev–Trinajstić information content (AvgIpc) is 2.71. The van der Waals surface area contributed by atoms with Crippen molar-refractivity contribution < 1.29 is 14.6 Å². The minimum Gasteiger partial charge on any atom is -0.312 e. The monoisotopic (exact) mass is 456 g/mol. The maximum atomic E-state index is 12.5. The summed E-state index contributed by atoms with van der Waals surface area (Å²) in [7, 11) is 0. The predicted molar refractivity (Wildman–Crippen MR) is 121 cm³/mol. The number of nitro groups is 1. The molecular formula is C23H18Cl2N2O4. The van der Waals surface area contributed by atoms with E-state index in [1.807, 2.05) is 32.0 Å². The van der Waals surface area contributed by atoms with Gasteiger partial charge in [-0.1, -0.05) is 64.3 Å².